The molecule has 5 atom stereocenters. The fraction of sp³-hybridized carbons (Fsp3) is 1.00. The monoisotopic (exact) mass is 328 g/mol. The lowest BCUT2D eigenvalue weighted by atomic mass is 9.82. The van der Waals surface area contributed by atoms with Gasteiger partial charge < -0.3 is 23.7 Å². The molecule has 126 valence electrons. The summed E-state index contributed by atoms with van der Waals surface area (Å²) in [7, 11) is -1.78. The highest BCUT2D eigenvalue weighted by Crippen LogP contribution is 2.52. The molecular weight excluding hydrogens is 300 g/mol. The summed E-state index contributed by atoms with van der Waals surface area (Å²) in [6.07, 6.45) is 5.96. The minimum absolute atomic E-state index is 0.00894. The number of aliphatic hydroxyl groups excluding tert-OH is 1. The number of hydrogen-bond donors (Lipinski definition) is 1. The van der Waals surface area contributed by atoms with Crippen LogP contribution in [0.15, 0.2) is 0 Å². The summed E-state index contributed by atoms with van der Waals surface area (Å²) in [6, 6.07) is 0. The SMILES string of the molecule is C[Si](C)(C)O[C@@]12C[C@@H](OC1O)[C@@H]1OC3(CCCCC3)O[C@@H]1C2. The lowest BCUT2D eigenvalue weighted by Crippen LogP contribution is -2.54. The molecule has 4 rings (SSSR count). The van der Waals surface area contributed by atoms with Crippen LogP contribution in [0.4, 0.5) is 0 Å². The summed E-state index contributed by atoms with van der Waals surface area (Å²) in [4.78, 5) is 0. The molecule has 2 saturated carbocycles. The minimum Gasteiger partial charge on any atom is -0.407 e. The van der Waals surface area contributed by atoms with Gasteiger partial charge in [-0.05, 0) is 32.5 Å². The van der Waals surface area contributed by atoms with Gasteiger partial charge in [0.15, 0.2) is 20.4 Å². The van der Waals surface area contributed by atoms with Gasteiger partial charge in [-0.3, -0.25) is 0 Å². The maximum atomic E-state index is 10.4. The fourth-order valence-electron chi connectivity index (χ4n) is 4.73. The van der Waals surface area contributed by atoms with Crippen LogP contribution in [0.2, 0.25) is 19.6 Å². The molecule has 1 unspecified atom stereocenters. The van der Waals surface area contributed by atoms with Crippen LogP contribution in [0.5, 0.6) is 0 Å². The van der Waals surface area contributed by atoms with Crippen LogP contribution in [-0.4, -0.2) is 49.4 Å². The van der Waals surface area contributed by atoms with Crippen LogP contribution in [-0.2, 0) is 18.6 Å². The van der Waals surface area contributed by atoms with Crippen LogP contribution >= 0.6 is 0 Å². The Hall–Kier alpha value is 0.0169. The van der Waals surface area contributed by atoms with Crippen LogP contribution in [0.25, 0.3) is 0 Å². The van der Waals surface area contributed by atoms with E-state index in [0.717, 1.165) is 19.3 Å². The highest BCUT2D eigenvalue weighted by molar-refractivity contribution is 6.69. The number of hydrogen-bond acceptors (Lipinski definition) is 5. The van der Waals surface area contributed by atoms with Crippen molar-refractivity contribution in [3.63, 3.8) is 0 Å². The van der Waals surface area contributed by atoms with Gasteiger partial charge in [0.05, 0.1) is 12.2 Å². The molecule has 0 aromatic rings. The van der Waals surface area contributed by atoms with Gasteiger partial charge in [0.25, 0.3) is 0 Å². The lowest BCUT2D eigenvalue weighted by molar-refractivity contribution is -0.219. The largest absolute Gasteiger partial charge is 0.407 e. The fourth-order valence-corrected chi connectivity index (χ4v) is 6.22. The Morgan fingerprint density at radius 1 is 1.00 bits per heavy atom. The summed E-state index contributed by atoms with van der Waals surface area (Å²) in [5, 5.41) is 10.4. The number of fused-ring (bicyclic) bond motifs is 4. The van der Waals surface area contributed by atoms with E-state index in [1.807, 2.05) is 0 Å². The summed E-state index contributed by atoms with van der Waals surface area (Å²) in [5.74, 6) is -0.396. The Balaban J connectivity index is 1.56. The second kappa shape index (κ2) is 5.01. The molecule has 5 nitrogen and oxygen atoms in total. The van der Waals surface area contributed by atoms with Gasteiger partial charge in [-0.25, -0.2) is 0 Å². The van der Waals surface area contributed by atoms with Gasteiger partial charge in [-0.15, -0.1) is 0 Å². The first-order valence-electron chi connectivity index (χ1n) is 8.70. The summed E-state index contributed by atoms with van der Waals surface area (Å²) >= 11 is 0. The number of aliphatic hydroxyl groups is 1. The molecule has 1 spiro atoms. The van der Waals surface area contributed by atoms with E-state index in [9.17, 15) is 5.11 Å². The highest BCUT2D eigenvalue weighted by Gasteiger charge is 2.64. The maximum absolute atomic E-state index is 10.4. The zero-order valence-electron chi connectivity index (χ0n) is 13.8. The first-order valence-corrected chi connectivity index (χ1v) is 12.1. The van der Waals surface area contributed by atoms with Crippen molar-refractivity contribution in [2.24, 2.45) is 0 Å². The molecule has 0 aromatic carbocycles. The second-order valence-electron chi connectivity index (χ2n) is 8.42. The van der Waals surface area contributed by atoms with E-state index in [4.69, 9.17) is 18.6 Å². The number of ether oxygens (including phenoxy) is 3. The quantitative estimate of drug-likeness (QED) is 0.790. The molecular formula is C16H28O5Si. The molecule has 0 aromatic heterocycles. The van der Waals surface area contributed by atoms with E-state index < -0.39 is 26.0 Å². The van der Waals surface area contributed by atoms with Gasteiger partial charge in [-0.2, -0.15) is 0 Å². The van der Waals surface area contributed by atoms with Crippen molar-refractivity contribution < 1.29 is 23.7 Å². The second-order valence-corrected chi connectivity index (χ2v) is 12.9. The third-order valence-corrected chi connectivity index (χ3v) is 6.44. The van der Waals surface area contributed by atoms with Crippen molar-refractivity contribution in [3.05, 3.63) is 0 Å². The molecule has 4 fully saturated rings. The van der Waals surface area contributed by atoms with E-state index in [0.29, 0.717) is 6.42 Å². The Labute approximate surface area is 133 Å². The third-order valence-electron chi connectivity index (χ3n) is 5.42. The molecule has 22 heavy (non-hydrogen) atoms. The molecule has 2 bridgehead atoms. The molecule has 4 aliphatic rings. The van der Waals surface area contributed by atoms with Crippen molar-refractivity contribution in [2.75, 3.05) is 0 Å². The third kappa shape index (κ3) is 2.48. The zero-order chi connectivity index (χ0) is 15.6. The minimum atomic E-state index is -1.78. The number of rotatable bonds is 2. The van der Waals surface area contributed by atoms with Gasteiger partial charge in [0.1, 0.15) is 11.7 Å². The van der Waals surface area contributed by atoms with Gasteiger partial charge in [0.2, 0.25) is 0 Å². The van der Waals surface area contributed by atoms with Crippen molar-refractivity contribution in [2.45, 2.75) is 101 Å². The normalized spacial score (nSPS) is 46.9. The first kappa shape index (κ1) is 15.5. The van der Waals surface area contributed by atoms with Gasteiger partial charge in [0, 0.05) is 25.7 Å². The van der Waals surface area contributed by atoms with Crippen LogP contribution < -0.4 is 0 Å². The standard InChI is InChI=1S/C16H28O5Si/c1-22(2,3)21-15-9-11(18-14(15)17)13-12(10-15)19-16(20-13)7-5-4-6-8-16/h11-14,17H,4-10H2,1-3H3/t11-,12-,13+,14?,15-/m1/s1. The molecule has 1 N–H and O–H groups in total. The van der Waals surface area contributed by atoms with Gasteiger partial charge >= 0.3 is 0 Å². The first-order chi connectivity index (χ1) is 10.3. The van der Waals surface area contributed by atoms with E-state index in [1.54, 1.807) is 0 Å². The van der Waals surface area contributed by atoms with Gasteiger partial charge in [-0.1, -0.05) is 6.42 Å². The molecule has 2 saturated heterocycles. The zero-order valence-corrected chi connectivity index (χ0v) is 14.8. The topological polar surface area (TPSA) is 57.2 Å². The average Bonchev–Trinajstić information content (AvgIpc) is 2.87. The van der Waals surface area contributed by atoms with E-state index in [2.05, 4.69) is 19.6 Å². The van der Waals surface area contributed by atoms with Crippen molar-refractivity contribution in [1.82, 2.24) is 0 Å². The predicted molar refractivity (Wildman–Crippen MR) is 82.8 cm³/mol. The van der Waals surface area contributed by atoms with E-state index in [1.165, 1.54) is 19.3 Å². The van der Waals surface area contributed by atoms with Crippen molar-refractivity contribution >= 4 is 8.32 Å². The Kier molecular flexibility index (Phi) is 3.54. The Morgan fingerprint density at radius 2 is 1.68 bits per heavy atom. The molecule has 2 heterocycles. The Morgan fingerprint density at radius 3 is 2.36 bits per heavy atom. The van der Waals surface area contributed by atoms with E-state index >= 15 is 0 Å². The summed E-state index contributed by atoms with van der Waals surface area (Å²) in [5.41, 5.74) is -0.597. The predicted octanol–water partition coefficient (Wildman–Crippen LogP) is 2.53. The van der Waals surface area contributed by atoms with Crippen molar-refractivity contribution in [3.8, 4) is 0 Å². The smallest absolute Gasteiger partial charge is 0.184 e. The van der Waals surface area contributed by atoms with E-state index in [-0.39, 0.29) is 18.3 Å². The molecule has 2 aliphatic heterocycles. The lowest BCUT2D eigenvalue weighted by Gasteiger charge is -2.41. The molecule has 6 heteroatoms. The van der Waals surface area contributed by atoms with Crippen LogP contribution in [0, 0.1) is 0 Å². The van der Waals surface area contributed by atoms with Crippen LogP contribution in [0.1, 0.15) is 44.9 Å². The molecule has 2 aliphatic carbocycles. The highest BCUT2D eigenvalue weighted by atomic mass is 28.4. The Bertz CT molecular complexity index is 444. The summed E-state index contributed by atoms with van der Waals surface area (Å²) in [6.45, 7) is 6.47. The molecule has 0 amide bonds. The van der Waals surface area contributed by atoms with Crippen LogP contribution in [0.3, 0.4) is 0 Å². The van der Waals surface area contributed by atoms with Crippen molar-refractivity contribution in [1.29, 1.82) is 0 Å². The maximum Gasteiger partial charge on any atom is 0.184 e. The summed E-state index contributed by atoms with van der Waals surface area (Å²) < 4.78 is 24.9. The molecule has 0 radical (unpaired) electrons. The average molecular weight is 328 g/mol.